The number of pyridine rings is 1. The molecule has 1 saturated heterocycles. The summed E-state index contributed by atoms with van der Waals surface area (Å²) < 4.78 is 22.8. The fourth-order valence-electron chi connectivity index (χ4n) is 3.25. The third kappa shape index (κ3) is 3.59. The molecule has 4 rings (SSSR count). The predicted molar refractivity (Wildman–Crippen MR) is 96.9 cm³/mol. The van der Waals surface area contributed by atoms with Gasteiger partial charge in [0.2, 0.25) is 0 Å². The molecule has 0 bridgehead atoms. The quantitative estimate of drug-likeness (QED) is 0.451. The van der Waals surface area contributed by atoms with Crippen LogP contribution < -0.4 is 0 Å². The average Bonchev–Trinajstić information content (AvgIpc) is 3.19. The van der Waals surface area contributed by atoms with Gasteiger partial charge in [0.1, 0.15) is 24.1 Å². The van der Waals surface area contributed by atoms with E-state index in [2.05, 4.69) is 14.5 Å². The highest BCUT2D eigenvalue weighted by atomic mass is 31.2. The molecule has 0 unspecified atom stereocenters. The van der Waals surface area contributed by atoms with Crippen LogP contribution in [0.1, 0.15) is 6.23 Å². The Morgan fingerprint density at radius 1 is 1.14 bits per heavy atom. The monoisotopic (exact) mass is 407 g/mol. The van der Waals surface area contributed by atoms with Crippen molar-refractivity contribution in [3.05, 3.63) is 48.8 Å². The van der Waals surface area contributed by atoms with Gasteiger partial charge in [0.25, 0.3) is 0 Å². The van der Waals surface area contributed by atoms with Crippen molar-refractivity contribution in [2.45, 2.75) is 24.5 Å². The lowest BCUT2D eigenvalue weighted by molar-refractivity contribution is -0.0493. The molecule has 4 N–H and O–H groups in total. The Kier molecular flexibility index (Phi) is 5.02. The van der Waals surface area contributed by atoms with Gasteiger partial charge in [-0.3, -0.25) is 14.1 Å². The van der Waals surface area contributed by atoms with Crippen molar-refractivity contribution in [1.82, 2.24) is 14.5 Å². The van der Waals surface area contributed by atoms with E-state index in [1.54, 1.807) is 47.3 Å². The van der Waals surface area contributed by atoms with Crippen LogP contribution in [-0.2, 0) is 13.8 Å². The fraction of sp³-hybridized carbons (Fsp3) is 0.294. The molecule has 4 atom stereocenters. The standard InChI is InChI=1S/C17H18N3O7P/c21-14-13(9-26-28(23,24)25)27-17(15(14)22)20-12-6-2-1-5-11(12)19-16(20)10-4-3-7-18-8-10/h1-8,13-15,17,21-22H,9H2,(H2,23,24,25)/t13-,14-,15-,17-/m1/s1. The van der Waals surface area contributed by atoms with Gasteiger partial charge in [-0.1, -0.05) is 12.1 Å². The molecule has 0 amide bonds. The molecular weight excluding hydrogens is 389 g/mol. The zero-order chi connectivity index (χ0) is 19.9. The lowest BCUT2D eigenvalue weighted by Gasteiger charge is -2.20. The summed E-state index contributed by atoms with van der Waals surface area (Å²) in [6.07, 6.45) is -1.70. The molecule has 3 heterocycles. The fourth-order valence-corrected chi connectivity index (χ4v) is 3.59. The number of phosphoric acid groups is 1. The first kappa shape index (κ1) is 19.2. The van der Waals surface area contributed by atoms with Gasteiger partial charge in [0.15, 0.2) is 6.23 Å². The Bertz CT molecular complexity index is 1020. The van der Waals surface area contributed by atoms with Crippen molar-refractivity contribution in [3.8, 4) is 11.4 Å². The second-order valence-corrected chi connectivity index (χ2v) is 7.61. The molecule has 0 aliphatic carbocycles. The van der Waals surface area contributed by atoms with E-state index < -0.39 is 39.0 Å². The Balaban J connectivity index is 1.75. The highest BCUT2D eigenvalue weighted by Gasteiger charge is 2.45. The van der Waals surface area contributed by atoms with Gasteiger partial charge in [0, 0.05) is 18.0 Å². The van der Waals surface area contributed by atoms with Gasteiger partial charge in [-0.05, 0) is 24.3 Å². The van der Waals surface area contributed by atoms with E-state index in [1.807, 2.05) is 6.07 Å². The van der Waals surface area contributed by atoms with E-state index in [4.69, 9.17) is 14.5 Å². The zero-order valence-electron chi connectivity index (χ0n) is 14.4. The molecule has 0 radical (unpaired) electrons. The first-order chi connectivity index (χ1) is 13.3. The van der Waals surface area contributed by atoms with Crippen LogP contribution in [0, 0.1) is 0 Å². The molecule has 1 aliphatic rings. The number of ether oxygens (including phenoxy) is 1. The topological polar surface area (TPSA) is 147 Å². The maximum Gasteiger partial charge on any atom is 0.469 e. The lowest BCUT2D eigenvalue weighted by atomic mass is 10.1. The summed E-state index contributed by atoms with van der Waals surface area (Å²) in [4.78, 5) is 26.4. The maximum atomic E-state index is 11.0. The van der Waals surface area contributed by atoms with Crippen LogP contribution in [0.3, 0.4) is 0 Å². The van der Waals surface area contributed by atoms with Crippen LogP contribution in [0.15, 0.2) is 48.8 Å². The highest BCUT2D eigenvalue weighted by molar-refractivity contribution is 7.46. The first-order valence-electron chi connectivity index (χ1n) is 8.44. The molecule has 1 aromatic carbocycles. The van der Waals surface area contributed by atoms with Crippen LogP contribution in [0.25, 0.3) is 22.4 Å². The molecule has 1 fully saturated rings. The van der Waals surface area contributed by atoms with Crippen molar-refractivity contribution in [2.75, 3.05) is 6.61 Å². The van der Waals surface area contributed by atoms with Crippen molar-refractivity contribution in [3.63, 3.8) is 0 Å². The SMILES string of the molecule is O=P(O)(O)OC[C@H]1O[C@@H](n2c(-c3cccnc3)nc3ccccc32)[C@H](O)[C@@H]1O. The second-order valence-electron chi connectivity index (χ2n) is 6.37. The van der Waals surface area contributed by atoms with E-state index in [1.165, 1.54) is 0 Å². The molecule has 3 aromatic rings. The second kappa shape index (κ2) is 7.34. The summed E-state index contributed by atoms with van der Waals surface area (Å²) in [6, 6.07) is 10.8. The van der Waals surface area contributed by atoms with E-state index in [-0.39, 0.29) is 0 Å². The number of rotatable bonds is 5. The number of aromatic nitrogens is 3. The molecule has 10 nitrogen and oxygen atoms in total. The predicted octanol–water partition coefficient (Wildman–Crippen LogP) is 0.827. The minimum Gasteiger partial charge on any atom is -0.387 e. The number of aliphatic hydroxyl groups excluding tert-OH is 2. The minimum atomic E-state index is -4.74. The van der Waals surface area contributed by atoms with Gasteiger partial charge in [-0.25, -0.2) is 9.55 Å². The van der Waals surface area contributed by atoms with Gasteiger partial charge in [-0.2, -0.15) is 0 Å². The third-order valence-corrected chi connectivity index (χ3v) is 5.00. The Morgan fingerprint density at radius 3 is 2.64 bits per heavy atom. The minimum absolute atomic E-state index is 0.474. The van der Waals surface area contributed by atoms with Crippen molar-refractivity contribution in [2.24, 2.45) is 0 Å². The Hall–Kier alpha value is -2.17. The van der Waals surface area contributed by atoms with Gasteiger partial charge >= 0.3 is 7.82 Å². The molecule has 1 aliphatic heterocycles. The number of benzene rings is 1. The normalized spacial score (nSPS) is 25.4. The van der Waals surface area contributed by atoms with E-state index >= 15 is 0 Å². The Morgan fingerprint density at radius 2 is 1.93 bits per heavy atom. The number of nitrogens with zero attached hydrogens (tertiary/aromatic N) is 3. The highest BCUT2D eigenvalue weighted by Crippen LogP contribution is 2.40. The van der Waals surface area contributed by atoms with Crippen LogP contribution >= 0.6 is 7.82 Å². The summed E-state index contributed by atoms with van der Waals surface area (Å²) in [5, 5.41) is 20.9. The first-order valence-corrected chi connectivity index (χ1v) is 9.97. The molecular formula is C17H18N3O7P. The number of aliphatic hydroxyl groups is 2. The summed E-state index contributed by atoms with van der Waals surface area (Å²) in [7, 11) is -4.74. The van der Waals surface area contributed by atoms with Crippen molar-refractivity contribution >= 4 is 18.9 Å². The number of fused-ring (bicyclic) bond motifs is 1. The smallest absolute Gasteiger partial charge is 0.387 e. The maximum absolute atomic E-state index is 11.0. The van der Waals surface area contributed by atoms with E-state index in [0.29, 0.717) is 22.4 Å². The number of para-hydroxylation sites is 2. The number of imidazole rings is 1. The van der Waals surface area contributed by atoms with Crippen LogP contribution in [0.4, 0.5) is 0 Å². The number of hydrogen-bond acceptors (Lipinski definition) is 7. The molecule has 11 heteroatoms. The number of hydrogen-bond donors (Lipinski definition) is 4. The molecule has 148 valence electrons. The summed E-state index contributed by atoms with van der Waals surface area (Å²) in [6.45, 7) is -0.576. The largest absolute Gasteiger partial charge is 0.469 e. The van der Waals surface area contributed by atoms with Crippen LogP contribution in [-0.4, -0.2) is 59.5 Å². The molecule has 2 aromatic heterocycles. The van der Waals surface area contributed by atoms with E-state index in [9.17, 15) is 14.8 Å². The number of phosphoric ester groups is 1. The van der Waals surface area contributed by atoms with Crippen LogP contribution in [0.2, 0.25) is 0 Å². The summed E-state index contributed by atoms with van der Waals surface area (Å²) in [5.41, 5.74) is 2.00. The van der Waals surface area contributed by atoms with Crippen molar-refractivity contribution in [1.29, 1.82) is 0 Å². The summed E-state index contributed by atoms with van der Waals surface area (Å²) in [5.74, 6) is 0.474. The van der Waals surface area contributed by atoms with Crippen molar-refractivity contribution < 1.29 is 33.8 Å². The molecule has 0 saturated carbocycles. The van der Waals surface area contributed by atoms with Gasteiger partial charge < -0.3 is 24.7 Å². The molecule has 0 spiro atoms. The Labute approximate surface area is 159 Å². The summed E-state index contributed by atoms with van der Waals surface area (Å²) >= 11 is 0. The third-order valence-electron chi connectivity index (χ3n) is 4.51. The van der Waals surface area contributed by atoms with Crippen LogP contribution in [0.5, 0.6) is 0 Å². The van der Waals surface area contributed by atoms with E-state index in [0.717, 1.165) is 0 Å². The molecule has 28 heavy (non-hydrogen) atoms. The van der Waals surface area contributed by atoms with Gasteiger partial charge in [-0.15, -0.1) is 0 Å². The van der Waals surface area contributed by atoms with Gasteiger partial charge in [0.05, 0.1) is 17.6 Å². The zero-order valence-corrected chi connectivity index (χ0v) is 15.3. The lowest BCUT2D eigenvalue weighted by Crippen LogP contribution is -2.33. The average molecular weight is 407 g/mol.